The highest BCUT2D eigenvalue weighted by Gasteiger charge is 2.30. The van der Waals surface area contributed by atoms with Gasteiger partial charge in [0.25, 0.3) is 0 Å². The summed E-state index contributed by atoms with van der Waals surface area (Å²) in [5.41, 5.74) is 1.36. The zero-order valence-corrected chi connectivity index (χ0v) is 20.1. The van der Waals surface area contributed by atoms with Crippen molar-refractivity contribution in [3.8, 4) is 0 Å². The van der Waals surface area contributed by atoms with Crippen LogP contribution >= 0.6 is 11.8 Å². The molecule has 0 bridgehead atoms. The Bertz CT molecular complexity index is 1410. The predicted molar refractivity (Wildman–Crippen MR) is 127 cm³/mol. The summed E-state index contributed by atoms with van der Waals surface area (Å²) in [6.07, 6.45) is -4.45. The number of aromatic nitrogens is 2. The standard InChI is InChI=1S/C26H21F5N2O2S/c1-3-35-24(34)17-7-11-22-21(12-17)32-25(36-14-19-20(27)10-4-15(2)23(19)28)33(22)13-16-5-8-18(9-6-16)26(29,30)31/h4-12H,3,13-14H2,1-2H3. The fourth-order valence-corrected chi connectivity index (χ4v) is 4.70. The van der Waals surface area contributed by atoms with Crippen LogP contribution in [-0.2, 0) is 23.2 Å². The molecule has 4 nitrogen and oxygen atoms in total. The number of hydrogen-bond acceptors (Lipinski definition) is 4. The molecule has 4 aromatic rings. The minimum Gasteiger partial charge on any atom is -0.462 e. The summed E-state index contributed by atoms with van der Waals surface area (Å²) in [6, 6.07) is 12.1. The Labute approximate surface area is 208 Å². The summed E-state index contributed by atoms with van der Waals surface area (Å²) in [7, 11) is 0. The van der Waals surface area contributed by atoms with Gasteiger partial charge in [0.05, 0.1) is 35.3 Å². The van der Waals surface area contributed by atoms with Crippen LogP contribution in [0.4, 0.5) is 22.0 Å². The number of aryl methyl sites for hydroxylation is 1. The van der Waals surface area contributed by atoms with Crippen molar-refractivity contribution in [2.75, 3.05) is 6.61 Å². The van der Waals surface area contributed by atoms with Gasteiger partial charge in [-0.2, -0.15) is 13.2 Å². The third kappa shape index (κ3) is 5.38. The van der Waals surface area contributed by atoms with E-state index in [-0.39, 0.29) is 30.0 Å². The van der Waals surface area contributed by atoms with Crippen LogP contribution in [0, 0.1) is 18.6 Å². The van der Waals surface area contributed by atoms with Gasteiger partial charge < -0.3 is 9.30 Å². The molecule has 1 aromatic heterocycles. The fraction of sp³-hybridized carbons (Fsp3) is 0.231. The summed E-state index contributed by atoms with van der Waals surface area (Å²) in [5.74, 6) is -1.90. The molecule has 10 heteroatoms. The maximum atomic E-state index is 14.5. The van der Waals surface area contributed by atoms with Crippen LogP contribution in [0.3, 0.4) is 0 Å². The van der Waals surface area contributed by atoms with Crippen LogP contribution in [0.25, 0.3) is 11.0 Å². The molecule has 3 aromatic carbocycles. The van der Waals surface area contributed by atoms with Crippen molar-refractivity contribution in [1.82, 2.24) is 9.55 Å². The molecule has 0 spiro atoms. The largest absolute Gasteiger partial charge is 0.462 e. The highest BCUT2D eigenvalue weighted by Crippen LogP contribution is 2.32. The lowest BCUT2D eigenvalue weighted by atomic mass is 10.1. The molecule has 0 unspecified atom stereocenters. The molecule has 0 aliphatic heterocycles. The minimum absolute atomic E-state index is 0.0551. The maximum absolute atomic E-state index is 14.5. The predicted octanol–water partition coefficient (Wildman–Crippen LogP) is 7.16. The number of carbonyl (C=O) groups excluding carboxylic acids is 1. The van der Waals surface area contributed by atoms with Crippen LogP contribution in [0.5, 0.6) is 0 Å². The van der Waals surface area contributed by atoms with Gasteiger partial charge in [-0.3, -0.25) is 0 Å². The van der Waals surface area contributed by atoms with Crippen LogP contribution in [0.15, 0.2) is 59.8 Å². The monoisotopic (exact) mass is 520 g/mol. The molecule has 0 aliphatic rings. The van der Waals surface area contributed by atoms with E-state index >= 15 is 0 Å². The molecule has 0 aliphatic carbocycles. The lowest BCUT2D eigenvalue weighted by Crippen LogP contribution is -2.06. The van der Waals surface area contributed by atoms with Gasteiger partial charge in [0.2, 0.25) is 0 Å². The molecular weight excluding hydrogens is 499 g/mol. The van der Waals surface area contributed by atoms with Crippen molar-refractivity contribution in [3.63, 3.8) is 0 Å². The number of halogens is 5. The molecule has 0 fully saturated rings. The maximum Gasteiger partial charge on any atom is 0.416 e. The van der Waals surface area contributed by atoms with E-state index in [1.165, 1.54) is 24.3 Å². The number of ether oxygens (including phenoxy) is 1. The third-order valence-corrected chi connectivity index (χ3v) is 6.57. The van der Waals surface area contributed by atoms with E-state index < -0.39 is 29.3 Å². The average molecular weight is 521 g/mol. The van der Waals surface area contributed by atoms with Crippen LogP contribution < -0.4 is 0 Å². The Morgan fingerprint density at radius 1 is 1.06 bits per heavy atom. The summed E-state index contributed by atoms with van der Waals surface area (Å²) in [4.78, 5) is 16.7. The van der Waals surface area contributed by atoms with Gasteiger partial charge in [0.15, 0.2) is 5.16 Å². The molecule has 0 saturated carbocycles. The molecule has 0 atom stereocenters. The van der Waals surface area contributed by atoms with Crippen molar-refractivity contribution in [3.05, 3.63) is 94.0 Å². The van der Waals surface area contributed by atoms with Gasteiger partial charge in [0.1, 0.15) is 11.6 Å². The summed E-state index contributed by atoms with van der Waals surface area (Å²) in [6.45, 7) is 3.59. The highest BCUT2D eigenvalue weighted by atomic mass is 32.2. The smallest absolute Gasteiger partial charge is 0.416 e. The number of thioether (sulfide) groups is 1. The van der Waals surface area contributed by atoms with Gasteiger partial charge in [-0.15, -0.1) is 0 Å². The first kappa shape index (κ1) is 25.7. The number of imidazole rings is 1. The zero-order chi connectivity index (χ0) is 26.0. The first-order valence-corrected chi connectivity index (χ1v) is 12.0. The summed E-state index contributed by atoms with van der Waals surface area (Å²) < 4.78 is 74.5. The topological polar surface area (TPSA) is 44.1 Å². The van der Waals surface area contributed by atoms with E-state index in [4.69, 9.17) is 4.74 Å². The zero-order valence-electron chi connectivity index (χ0n) is 19.3. The van der Waals surface area contributed by atoms with Crippen LogP contribution in [-0.4, -0.2) is 22.1 Å². The lowest BCUT2D eigenvalue weighted by Gasteiger charge is -2.12. The molecule has 0 radical (unpaired) electrons. The number of hydrogen-bond donors (Lipinski definition) is 0. The second-order valence-electron chi connectivity index (χ2n) is 8.04. The van der Waals surface area contributed by atoms with E-state index in [0.29, 0.717) is 27.3 Å². The van der Waals surface area contributed by atoms with Gasteiger partial charge in [-0.25, -0.2) is 18.6 Å². The van der Waals surface area contributed by atoms with Gasteiger partial charge >= 0.3 is 12.1 Å². The average Bonchev–Trinajstić information content (AvgIpc) is 3.18. The minimum atomic E-state index is -4.45. The van der Waals surface area contributed by atoms with E-state index in [9.17, 15) is 26.7 Å². The first-order chi connectivity index (χ1) is 17.1. The number of carbonyl (C=O) groups is 1. The molecule has 4 rings (SSSR count). The molecule has 0 amide bonds. The number of esters is 1. The van der Waals surface area contributed by atoms with E-state index in [2.05, 4.69) is 4.98 Å². The second-order valence-corrected chi connectivity index (χ2v) is 8.99. The van der Waals surface area contributed by atoms with Gasteiger partial charge in [0, 0.05) is 11.3 Å². The van der Waals surface area contributed by atoms with Crippen LogP contribution in [0.2, 0.25) is 0 Å². The van der Waals surface area contributed by atoms with Crippen molar-refractivity contribution in [2.24, 2.45) is 0 Å². The van der Waals surface area contributed by atoms with Crippen molar-refractivity contribution < 1.29 is 31.5 Å². The molecule has 0 saturated heterocycles. The number of rotatable bonds is 7. The van der Waals surface area contributed by atoms with Crippen molar-refractivity contribution in [1.29, 1.82) is 0 Å². The number of fused-ring (bicyclic) bond motifs is 1. The van der Waals surface area contributed by atoms with Crippen LogP contribution in [0.1, 0.15) is 39.5 Å². The van der Waals surface area contributed by atoms with Gasteiger partial charge in [-0.05, 0) is 61.4 Å². The Hall–Kier alpha value is -3.40. The Morgan fingerprint density at radius 3 is 2.44 bits per heavy atom. The van der Waals surface area contributed by atoms with Gasteiger partial charge in [-0.1, -0.05) is 30.0 Å². The number of nitrogens with zero attached hydrogens (tertiary/aromatic N) is 2. The molecule has 36 heavy (non-hydrogen) atoms. The molecule has 188 valence electrons. The Morgan fingerprint density at radius 2 is 1.78 bits per heavy atom. The SMILES string of the molecule is CCOC(=O)c1ccc2c(c1)nc(SCc1c(F)ccc(C)c1F)n2Cc1ccc(C(F)(F)F)cc1. The van der Waals surface area contributed by atoms with E-state index in [1.807, 2.05) is 0 Å². The first-order valence-electron chi connectivity index (χ1n) is 11.0. The lowest BCUT2D eigenvalue weighted by molar-refractivity contribution is -0.137. The highest BCUT2D eigenvalue weighted by molar-refractivity contribution is 7.98. The second kappa shape index (κ2) is 10.3. The third-order valence-electron chi connectivity index (χ3n) is 5.57. The fourth-order valence-electron chi connectivity index (χ4n) is 3.68. The number of benzene rings is 3. The Balaban J connectivity index is 1.72. The summed E-state index contributed by atoms with van der Waals surface area (Å²) >= 11 is 1.09. The normalized spacial score (nSPS) is 11.8. The molecular formula is C26H21F5N2O2S. The molecule has 0 N–H and O–H groups in total. The van der Waals surface area contributed by atoms with Crippen molar-refractivity contribution in [2.45, 2.75) is 37.5 Å². The number of alkyl halides is 3. The Kier molecular flexibility index (Phi) is 7.35. The molecule has 1 heterocycles. The van der Waals surface area contributed by atoms with E-state index in [0.717, 1.165) is 23.9 Å². The summed E-state index contributed by atoms with van der Waals surface area (Å²) in [5, 5.41) is 0.395. The van der Waals surface area contributed by atoms with E-state index in [1.54, 1.807) is 36.6 Å². The quantitative estimate of drug-likeness (QED) is 0.147. The van der Waals surface area contributed by atoms with Crippen molar-refractivity contribution >= 4 is 28.8 Å².